The number of aromatic nitrogens is 1. The Morgan fingerprint density at radius 2 is 1.68 bits per heavy atom. The largest absolute Gasteiger partial charge is 0.465 e. The van der Waals surface area contributed by atoms with E-state index in [0.29, 0.717) is 6.07 Å². The molecule has 0 atom stereocenters. The van der Waals surface area contributed by atoms with Gasteiger partial charge < -0.3 is 10.4 Å². The number of anilines is 2. The third-order valence-corrected chi connectivity index (χ3v) is 5.01. The lowest BCUT2D eigenvalue weighted by molar-refractivity contribution is -0.138. The molecule has 0 aliphatic rings. The van der Waals surface area contributed by atoms with Crippen molar-refractivity contribution in [3.8, 4) is 11.1 Å². The first kappa shape index (κ1) is 24.4. The molecular formula is C24H20F3N3O4. The summed E-state index contributed by atoms with van der Waals surface area (Å²) in [4.78, 5) is 40.4. The Hall–Kier alpha value is -4.21. The first-order chi connectivity index (χ1) is 16.0. The van der Waals surface area contributed by atoms with Crippen LogP contribution in [0.4, 0.5) is 29.3 Å². The van der Waals surface area contributed by atoms with E-state index in [9.17, 15) is 27.6 Å². The Labute approximate surface area is 192 Å². The molecule has 0 radical (unpaired) electrons. The molecule has 0 spiro atoms. The number of aryl methyl sites for hydroxylation is 2. The number of benzene rings is 2. The van der Waals surface area contributed by atoms with E-state index in [-0.39, 0.29) is 16.8 Å². The van der Waals surface area contributed by atoms with Gasteiger partial charge in [0.25, 0.3) is 0 Å². The van der Waals surface area contributed by atoms with Gasteiger partial charge in [-0.05, 0) is 49.2 Å². The van der Waals surface area contributed by atoms with Gasteiger partial charge in [-0.2, -0.15) is 13.2 Å². The van der Waals surface area contributed by atoms with E-state index in [1.807, 2.05) is 18.3 Å². The zero-order valence-electron chi connectivity index (χ0n) is 18.2. The summed E-state index contributed by atoms with van der Waals surface area (Å²) < 4.78 is 39.9. The van der Waals surface area contributed by atoms with E-state index in [1.165, 1.54) is 13.0 Å². The predicted molar refractivity (Wildman–Crippen MR) is 120 cm³/mol. The minimum absolute atomic E-state index is 0.229. The summed E-state index contributed by atoms with van der Waals surface area (Å²) in [6, 6.07) is 11.8. The van der Waals surface area contributed by atoms with Crippen LogP contribution in [0.2, 0.25) is 0 Å². The average molecular weight is 471 g/mol. The summed E-state index contributed by atoms with van der Waals surface area (Å²) in [7, 11) is 0. The predicted octanol–water partition coefficient (Wildman–Crippen LogP) is 5.69. The number of carboxylic acid groups (broad SMARTS) is 1. The second-order valence-electron chi connectivity index (χ2n) is 7.51. The summed E-state index contributed by atoms with van der Waals surface area (Å²) in [6.07, 6.45) is -5.25. The number of Topliss-reactive ketones (excluding diaryl/α,β-unsaturated/α-hetero) is 1. The van der Waals surface area contributed by atoms with Crippen molar-refractivity contribution in [2.75, 3.05) is 10.6 Å². The van der Waals surface area contributed by atoms with Crippen LogP contribution in [0.25, 0.3) is 11.1 Å². The van der Waals surface area contributed by atoms with Gasteiger partial charge in [-0.1, -0.05) is 24.3 Å². The molecule has 0 unspecified atom stereocenters. The van der Waals surface area contributed by atoms with E-state index in [2.05, 4.69) is 10.3 Å². The monoisotopic (exact) mass is 471 g/mol. The molecule has 0 saturated heterocycles. The molecule has 0 aliphatic carbocycles. The fourth-order valence-electron chi connectivity index (χ4n) is 3.43. The van der Waals surface area contributed by atoms with Crippen LogP contribution in [-0.4, -0.2) is 27.9 Å². The second kappa shape index (κ2) is 9.74. The smallest absolute Gasteiger partial charge is 0.416 e. The number of nitrogens with zero attached hydrogens (tertiary/aromatic N) is 1. The second-order valence-corrected chi connectivity index (χ2v) is 7.51. The number of pyridine rings is 1. The Kier molecular flexibility index (Phi) is 7.00. The minimum Gasteiger partial charge on any atom is -0.465 e. The molecule has 10 heteroatoms. The highest BCUT2D eigenvalue weighted by Gasteiger charge is 2.33. The lowest BCUT2D eigenvalue weighted by Crippen LogP contribution is -2.20. The summed E-state index contributed by atoms with van der Waals surface area (Å²) in [6.45, 7) is 2.98. The molecule has 0 fully saturated rings. The Bertz CT molecular complexity index is 1270. The highest BCUT2D eigenvalue weighted by atomic mass is 19.4. The number of amides is 2. The number of ketones is 1. The van der Waals surface area contributed by atoms with Crippen molar-refractivity contribution in [1.82, 2.24) is 4.98 Å². The van der Waals surface area contributed by atoms with E-state index in [0.717, 1.165) is 22.9 Å². The van der Waals surface area contributed by atoms with Crippen molar-refractivity contribution in [3.63, 3.8) is 0 Å². The van der Waals surface area contributed by atoms with Crippen LogP contribution in [0, 0.1) is 13.8 Å². The van der Waals surface area contributed by atoms with Crippen molar-refractivity contribution >= 4 is 29.2 Å². The molecule has 34 heavy (non-hydrogen) atoms. The number of carbonyl (C=O) groups excluding carboxylic acids is 2. The fourth-order valence-corrected chi connectivity index (χ4v) is 3.43. The lowest BCUT2D eigenvalue weighted by Gasteiger charge is -2.17. The summed E-state index contributed by atoms with van der Waals surface area (Å²) in [5.74, 6) is -1.45. The van der Waals surface area contributed by atoms with E-state index in [4.69, 9.17) is 5.11 Å². The van der Waals surface area contributed by atoms with E-state index < -0.39 is 41.6 Å². The quantitative estimate of drug-likeness (QED) is 0.316. The van der Waals surface area contributed by atoms with Crippen molar-refractivity contribution in [1.29, 1.82) is 0 Å². The van der Waals surface area contributed by atoms with Crippen LogP contribution >= 0.6 is 0 Å². The van der Waals surface area contributed by atoms with Gasteiger partial charge in [-0.15, -0.1) is 0 Å². The van der Waals surface area contributed by atoms with Crippen molar-refractivity contribution in [2.24, 2.45) is 0 Å². The standard InChI is InChI=1S/C24H20F3N3O4/c1-13-9-19(30-23(33)34)20(11-18(13)24(25,26)27)29-22(32)12-21(31)16-6-3-5-15(10-16)17-7-4-8-28-14(17)2/h3-11,30H,12H2,1-2H3,(H,29,32)(H,33,34). The molecule has 3 rings (SSSR count). The molecule has 0 bridgehead atoms. The Morgan fingerprint density at radius 1 is 0.971 bits per heavy atom. The molecule has 7 nitrogen and oxygen atoms in total. The fraction of sp³-hybridized carbons (Fsp3) is 0.167. The highest BCUT2D eigenvalue weighted by molar-refractivity contribution is 6.12. The summed E-state index contributed by atoms with van der Waals surface area (Å²) in [5.41, 5.74) is 0.606. The van der Waals surface area contributed by atoms with Gasteiger partial charge in [-0.3, -0.25) is 19.9 Å². The van der Waals surface area contributed by atoms with E-state index >= 15 is 0 Å². The summed E-state index contributed by atoms with van der Waals surface area (Å²) >= 11 is 0. The van der Waals surface area contributed by atoms with E-state index in [1.54, 1.807) is 30.5 Å². The van der Waals surface area contributed by atoms with Gasteiger partial charge >= 0.3 is 12.3 Å². The van der Waals surface area contributed by atoms with Crippen LogP contribution < -0.4 is 10.6 Å². The SMILES string of the molecule is Cc1cc(NC(=O)O)c(NC(=O)CC(=O)c2cccc(-c3cccnc3C)c2)cc1C(F)(F)F. The topological polar surface area (TPSA) is 108 Å². The maximum atomic E-state index is 13.3. The number of hydrogen-bond acceptors (Lipinski definition) is 4. The molecule has 0 aliphatic heterocycles. The molecular weight excluding hydrogens is 451 g/mol. The molecule has 3 aromatic rings. The van der Waals surface area contributed by atoms with Crippen LogP contribution in [0.5, 0.6) is 0 Å². The third kappa shape index (κ3) is 5.77. The number of alkyl halides is 3. The summed E-state index contributed by atoms with van der Waals surface area (Å²) in [5, 5.41) is 13.1. The molecule has 2 aromatic carbocycles. The maximum Gasteiger partial charge on any atom is 0.416 e. The number of nitrogens with one attached hydrogen (secondary N) is 2. The molecule has 3 N–H and O–H groups in total. The zero-order chi connectivity index (χ0) is 25.0. The molecule has 1 heterocycles. The van der Waals surface area contributed by atoms with Gasteiger partial charge in [0.15, 0.2) is 5.78 Å². The Morgan fingerprint density at radius 3 is 2.32 bits per heavy atom. The minimum atomic E-state index is -4.72. The highest BCUT2D eigenvalue weighted by Crippen LogP contribution is 2.37. The number of halogens is 3. The molecule has 1 aromatic heterocycles. The first-order valence-electron chi connectivity index (χ1n) is 10.0. The molecule has 0 saturated carbocycles. The number of rotatable bonds is 6. The average Bonchev–Trinajstić information content (AvgIpc) is 2.74. The first-order valence-corrected chi connectivity index (χ1v) is 10.0. The number of hydrogen-bond donors (Lipinski definition) is 3. The van der Waals surface area contributed by atoms with Crippen LogP contribution in [0.15, 0.2) is 54.7 Å². The van der Waals surface area contributed by atoms with Gasteiger partial charge in [0.2, 0.25) is 5.91 Å². The van der Waals surface area contributed by atoms with Crippen LogP contribution in [-0.2, 0) is 11.0 Å². The van der Waals surface area contributed by atoms with Gasteiger partial charge in [0.1, 0.15) is 0 Å². The van der Waals surface area contributed by atoms with Gasteiger partial charge in [-0.25, -0.2) is 4.79 Å². The Balaban J connectivity index is 1.83. The molecule has 2 amide bonds. The van der Waals surface area contributed by atoms with Crippen LogP contribution in [0.3, 0.4) is 0 Å². The lowest BCUT2D eigenvalue weighted by atomic mass is 9.99. The third-order valence-electron chi connectivity index (χ3n) is 5.01. The zero-order valence-corrected chi connectivity index (χ0v) is 18.2. The molecule has 176 valence electrons. The maximum absolute atomic E-state index is 13.3. The van der Waals surface area contributed by atoms with Gasteiger partial charge in [0.05, 0.1) is 23.4 Å². The van der Waals surface area contributed by atoms with Crippen molar-refractivity contribution < 1.29 is 32.7 Å². The van der Waals surface area contributed by atoms with Crippen LogP contribution in [0.1, 0.15) is 33.6 Å². The van der Waals surface area contributed by atoms with Gasteiger partial charge in [0, 0.05) is 23.0 Å². The van der Waals surface area contributed by atoms with Crippen molar-refractivity contribution in [3.05, 3.63) is 77.1 Å². The normalized spacial score (nSPS) is 11.1. The number of carbonyl (C=O) groups is 3. The van der Waals surface area contributed by atoms with Crippen molar-refractivity contribution in [2.45, 2.75) is 26.4 Å².